The van der Waals surface area contributed by atoms with Crippen molar-refractivity contribution < 1.29 is 0 Å². The molecule has 2 aliphatic heterocycles. The molecule has 0 saturated carbocycles. The molecule has 1 atom stereocenters. The van der Waals surface area contributed by atoms with E-state index >= 15 is 0 Å². The minimum absolute atomic E-state index is 0.327. The van der Waals surface area contributed by atoms with Crippen molar-refractivity contribution in [3.05, 3.63) is 30.0 Å². The lowest BCUT2D eigenvalue weighted by atomic mass is 9.97. The van der Waals surface area contributed by atoms with Crippen LogP contribution in [0.15, 0.2) is 30.0 Å². The number of aromatic amines is 1. The number of rotatable bonds is 2. The molecule has 118 valence electrons. The van der Waals surface area contributed by atoms with Gasteiger partial charge in [-0.15, -0.1) is 11.3 Å². The number of pyridine rings is 1. The van der Waals surface area contributed by atoms with Crippen LogP contribution < -0.4 is 10.2 Å². The van der Waals surface area contributed by atoms with Crippen LogP contribution >= 0.6 is 11.3 Å². The minimum atomic E-state index is 0.327. The molecule has 6 heteroatoms. The van der Waals surface area contributed by atoms with Gasteiger partial charge in [0.25, 0.3) is 0 Å². The zero-order valence-electron chi connectivity index (χ0n) is 12.9. The Labute approximate surface area is 138 Å². The predicted molar refractivity (Wildman–Crippen MR) is 94.0 cm³/mol. The van der Waals surface area contributed by atoms with Crippen molar-refractivity contribution in [1.29, 1.82) is 0 Å². The first kappa shape index (κ1) is 13.5. The third-order valence-corrected chi connectivity index (χ3v) is 6.05. The minimum Gasteiger partial charge on any atom is -0.369 e. The molecule has 2 saturated heterocycles. The SMILES string of the molecule is c1csc(-c2c[nH]c3nccc(N4CC[C@]5(CCCN5)C4)c23)n1. The lowest BCUT2D eigenvalue weighted by Gasteiger charge is -2.25. The summed E-state index contributed by atoms with van der Waals surface area (Å²) < 4.78 is 0. The average molecular weight is 325 g/mol. The molecule has 3 aromatic heterocycles. The topological polar surface area (TPSA) is 56.8 Å². The third kappa shape index (κ3) is 2.09. The van der Waals surface area contributed by atoms with E-state index in [2.05, 4.69) is 31.2 Å². The van der Waals surface area contributed by atoms with Crippen LogP contribution in [0.25, 0.3) is 21.6 Å². The molecule has 3 aromatic rings. The molecule has 0 aliphatic carbocycles. The van der Waals surface area contributed by atoms with Gasteiger partial charge in [0.15, 0.2) is 0 Å². The summed E-state index contributed by atoms with van der Waals surface area (Å²) in [6.45, 7) is 3.36. The molecule has 5 heterocycles. The van der Waals surface area contributed by atoms with Crippen LogP contribution in [0.4, 0.5) is 5.69 Å². The summed E-state index contributed by atoms with van der Waals surface area (Å²) in [6.07, 6.45) is 9.64. The number of aromatic nitrogens is 3. The number of nitrogens with zero attached hydrogens (tertiary/aromatic N) is 3. The van der Waals surface area contributed by atoms with Crippen molar-refractivity contribution in [2.45, 2.75) is 24.8 Å². The molecule has 23 heavy (non-hydrogen) atoms. The van der Waals surface area contributed by atoms with E-state index in [1.54, 1.807) is 11.3 Å². The number of thiazole rings is 1. The molecule has 0 bridgehead atoms. The van der Waals surface area contributed by atoms with Gasteiger partial charge in [-0.3, -0.25) is 0 Å². The molecule has 0 radical (unpaired) electrons. The van der Waals surface area contributed by atoms with E-state index in [0.717, 1.165) is 30.3 Å². The van der Waals surface area contributed by atoms with Crippen LogP contribution in [-0.4, -0.2) is 40.1 Å². The Kier molecular flexibility index (Phi) is 2.96. The van der Waals surface area contributed by atoms with E-state index in [-0.39, 0.29) is 0 Å². The lowest BCUT2D eigenvalue weighted by Crippen LogP contribution is -2.42. The van der Waals surface area contributed by atoms with E-state index in [1.165, 1.54) is 35.9 Å². The van der Waals surface area contributed by atoms with E-state index in [0.29, 0.717) is 5.54 Å². The van der Waals surface area contributed by atoms with Crippen molar-refractivity contribution in [2.75, 3.05) is 24.5 Å². The van der Waals surface area contributed by atoms with Crippen LogP contribution in [0.1, 0.15) is 19.3 Å². The van der Waals surface area contributed by atoms with Crippen LogP contribution in [0.5, 0.6) is 0 Å². The first-order chi connectivity index (χ1) is 11.3. The maximum Gasteiger partial charge on any atom is 0.140 e. The molecule has 0 unspecified atom stereocenters. The molecular formula is C17H19N5S. The number of H-pyrrole nitrogens is 1. The van der Waals surface area contributed by atoms with Crippen LogP contribution in [-0.2, 0) is 0 Å². The number of nitrogens with one attached hydrogen (secondary N) is 2. The van der Waals surface area contributed by atoms with Crippen molar-refractivity contribution in [3.8, 4) is 10.6 Å². The monoisotopic (exact) mass is 325 g/mol. The highest BCUT2D eigenvalue weighted by Gasteiger charge is 2.40. The summed E-state index contributed by atoms with van der Waals surface area (Å²) >= 11 is 1.68. The summed E-state index contributed by atoms with van der Waals surface area (Å²) in [5, 5.41) is 8.03. The van der Waals surface area contributed by atoms with Gasteiger partial charge in [-0.25, -0.2) is 9.97 Å². The molecule has 0 amide bonds. The maximum absolute atomic E-state index is 4.51. The maximum atomic E-state index is 4.51. The second-order valence-electron chi connectivity index (χ2n) is 6.58. The molecule has 5 rings (SSSR count). The molecule has 1 spiro atoms. The van der Waals surface area contributed by atoms with Crippen molar-refractivity contribution >= 4 is 28.1 Å². The number of hydrogen-bond donors (Lipinski definition) is 2. The zero-order chi connectivity index (χ0) is 15.3. The fraction of sp³-hybridized carbons (Fsp3) is 0.412. The first-order valence-corrected chi connectivity index (χ1v) is 9.09. The van der Waals surface area contributed by atoms with Crippen LogP contribution in [0.2, 0.25) is 0 Å². The summed E-state index contributed by atoms with van der Waals surface area (Å²) in [5.41, 5.74) is 3.73. The average Bonchev–Trinajstić information content (AvgIpc) is 3.36. The Morgan fingerprint density at radius 3 is 3.04 bits per heavy atom. The summed E-state index contributed by atoms with van der Waals surface area (Å²) in [4.78, 5) is 14.8. The van der Waals surface area contributed by atoms with Gasteiger partial charge in [0, 0.05) is 48.2 Å². The molecule has 2 aliphatic rings. The Bertz CT molecular complexity index is 832. The highest BCUT2D eigenvalue weighted by molar-refractivity contribution is 7.13. The van der Waals surface area contributed by atoms with Crippen molar-refractivity contribution in [1.82, 2.24) is 20.3 Å². The summed E-state index contributed by atoms with van der Waals surface area (Å²) in [7, 11) is 0. The predicted octanol–water partition coefficient (Wildman–Crippen LogP) is 3.02. The van der Waals surface area contributed by atoms with E-state index in [4.69, 9.17) is 0 Å². The second-order valence-corrected chi connectivity index (χ2v) is 7.47. The molecular weight excluding hydrogens is 306 g/mol. The summed E-state index contributed by atoms with van der Waals surface area (Å²) in [5.74, 6) is 0. The van der Waals surface area contributed by atoms with Gasteiger partial charge in [0.2, 0.25) is 0 Å². The van der Waals surface area contributed by atoms with Gasteiger partial charge in [-0.2, -0.15) is 0 Å². The van der Waals surface area contributed by atoms with Gasteiger partial charge in [0.1, 0.15) is 10.7 Å². The van der Waals surface area contributed by atoms with Gasteiger partial charge >= 0.3 is 0 Å². The third-order valence-electron chi connectivity index (χ3n) is 5.24. The first-order valence-electron chi connectivity index (χ1n) is 8.21. The van der Waals surface area contributed by atoms with Gasteiger partial charge in [-0.1, -0.05) is 0 Å². The van der Waals surface area contributed by atoms with E-state index in [1.807, 2.05) is 24.0 Å². The smallest absolute Gasteiger partial charge is 0.140 e. The number of fused-ring (bicyclic) bond motifs is 1. The zero-order valence-corrected chi connectivity index (χ0v) is 13.7. The quantitative estimate of drug-likeness (QED) is 0.760. The molecule has 2 N–H and O–H groups in total. The Morgan fingerprint density at radius 1 is 1.22 bits per heavy atom. The molecule has 5 nitrogen and oxygen atoms in total. The van der Waals surface area contributed by atoms with Crippen LogP contribution in [0, 0.1) is 0 Å². The molecule has 2 fully saturated rings. The van der Waals surface area contributed by atoms with Crippen molar-refractivity contribution in [3.63, 3.8) is 0 Å². The van der Waals surface area contributed by atoms with Gasteiger partial charge in [0.05, 0.1) is 11.1 Å². The number of hydrogen-bond acceptors (Lipinski definition) is 5. The van der Waals surface area contributed by atoms with Gasteiger partial charge < -0.3 is 15.2 Å². The van der Waals surface area contributed by atoms with Gasteiger partial charge in [-0.05, 0) is 31.9 Å². The highest BCUT2D eigenvalue weighted by atomic mass is 32.1. The van der Waals surface area contributed by atoms with E-state index < -0.39 is 0 Å². The molecule has 0 aromatic carbocycles. The normalized spacial score (nSPS) is 24.3. The highest BCUT2D eigenvalue weighted by Crippen LogP contribution is 2.39. The largest absolute Gasteiger partial charge is 0.369 e. The summed E-state index contributed by atoms with van der Waals surface area (Å²) in [6, 6.07) is 2.15. The van der Waals surface area contributed by atoms with E-state index in [9.17, 15) is 0 Å². The fourth-order valence-corrected chi connectivity index (χ4v) is 4.78. The fourth-order valence-electron chi connectivity index (χ4n) is 4.12. The Balaban J connectivity index is 1.60. The lowest BCUT2D eigenvalue weighted by molar-refractivity contribution is 0.419. The Morgan fingerprint density at radius 2 is 2.22 bits per heavy atom. The standard InChI is InChI=1S/C17H19N5S/c1-3-17(21-5-1)4-8-22(11-17)13-2-6-18-15-14(13)12(10-20-15)16-19-7-9-23-16/h2,6-7,9-10,21H,1,3-5,8,11H2,(H,18,20)/t17-/m1/s1. The van der Waals surface area contributed by atoms with Crippen LogP contribution in [0.3, 0.4) is 0 Å². The van der Waals surface area contributed by atoms with Crippen molar-refractivity contribution in [2.24, 2.45) is 0 Å². The Hall–Kier alpha value is -1.92. The second kappa shape index (κ2) is 5.04. The number of anilines is 1.